The molecule has 0 aliphatic rings. The molecular formula is C43H48N14O11S2. The fraction of sp³-hybridized carbons (Fsp3) is 0.209. The van der Waals surface area contributed by atoms with Crippen molar-refractivity contribution in [1.82, 2.24) is 40.5 Å². The first-order chi connectivity index (χ1) is 33.9. The Kier molecular flexibility index (Phi) is 19.0. The lowest BCUT2D eigenvalue weighted by Gasteiger charge is -2.13. The fourth-order valence-corrected chi connectivity index (χ4v) is 7.25. The Morgan fingerprint density at radius 2 is 0.986 bits per heavy atom. The third-order valence-electron chi connectivity index (χ3n) is 9.21. The second-order valence-corrected chi connectivity index (χ2v) is 16.5. The second-order valence-electron chi connectivity index (χ2n) is 14.3. The van der Waals surface area contributed by atoms with E-state index in [4.69, 9.17) is 14.7 Å². The molecule has 0 saturated heterocycles. The van der Waals surface area contributed by atoms with Crippen molar-refractivity contribution >= 4 is 105 Å². The van der Waals surface area contributed by atoms with E-state index in [0.717, 1.165) is 6.42 Å². The molecule has 4 aromatic carbocycles. The first-order valence-corrected chi connectivity index (χ1v) is 23.3. The van der Waals surface area contributed by atoms with Crippen LogP contribution in [0, 0.1) is 0 Å². The van der Waals surface area contributed by atoms with E-state index in [1.54, 1.807) is 66.7 Å². The summed E-state index contributed by atoms with van der Waals surface area (Å²) < 4.78 is 40.6. The quantitative estimate of drug-likeness (QED) is 0.0116. The zero-order valence-corrected chi connectivity index (χ0v) is 38.7. The number of benzene rings is 4. The Morgan fingerprint density at radius 1 is 0.571 bits per heavy atom. The van der Waals surface area contributed by atoms with Gasteiger partial charge in [-0.2, -0.15) is 38.3 Å². The number of rotatable bonds is 26. The van der Waals surface area contributed by atoms with Gasteiger partial charge in [-0.15, -0.1) is 4.33 Å². The highest BCUT2D eigenvalue weighted by molar-refractivity contribution is 7.94. The minimum absolute atomic E-state index is 0.0402. The van der Waals surface area contributed by atoms with Crippen LogP contribution in [0.25, 0.3) is 12.2 Å². The van der Waals surface area contributed by atoms with Gasteiger partial charge in [0.25, 0.3) is 21.9 Å². The van der Waals surface area contributed by atoms with Gasteiger partial charge in [0.1, 0.15) is 4.90 Å². The predicted molar refractivity (Wildman–Crippen MR) is 261 cm³/mol. The number of carbonyl (C=O) groups excluding carboxylic acids is 2. The van der Waals surface area contributed by atoms with Crippen LogP contribution in [-0.4, -0.2) is 121 Å². The minimum Gasteiger partial charge on any atom is -0.395 e. The van der Waals surface area contributed by atoms with Gasteiger partial charge in [-0.25, -0.2) is 5.26 Å². The summed E-state index contributed by atoms with van der Waals surface area (Å²) in [5.41, 5.74) is 3.00. The summed E-state index contributed by atoms with van der Waals surface area (Å²) in [5.74, 6) is -0.196. The lowest BCUT2D eigenvalue weighted by atomic mass is 10.1. The van der Waals surface area contributed by atoms with E-state index in [1.165, 1.54) is 30.4 Å². The Hall–Kier alpha value is -7.60. The first-order valence-electron chi connectivity index (χ1n) is 21.1. The van der Waals surface area contributed by atoms with Crippen LogP contribution in [0.2, 0.25) is 0 Å². The van der Waals surface area contributed by atoms with E-state index >= 15 is 0 Å². The SMILES string of the molecule is CCCNC(=O)c1ccc(Nc2nc(NCCO)nc(Nc3ccc(/C=C/c4ccc(Nc5nc(NCCO)nc(Nc6ccc(C(=O)NCCO)cc6)n5)cc4S(=O)(=O)O)c(SOOO)c3)n2)cc1. The van der Waals surface area contributed by atoms with Crippen LogP contribution in [0.15, 0.2) is 94.7 Å². The molecule has 0 radical (unpaired) electrons. The van der Waals surface area contributed by atoms with Crippen LogP contribution >= 0.6 is 12.0 Å². The van der Waals surface area contributed by atoms with Crippen LogP contribution in [0.1, 0.15) is 45.2 Å². The highest BCUT2D eigenvalue weighted by Crippen LogP contribution is 2.32. The monoisotopic (exact) mass is 1000 g/mol. The molecule has 70 heavy (non-hydrogen) atoms. The molecule has 2 amide bonds. The number of amides is 2. The van der Waals surface area contributed by atoms with Crippen LogP contribution in [0.4, 0.5) is 58.4 Å². The van der Waals surface area contributed by atoms with Crippen LogP contribution in [-0.2, 0) is 19.5 Å². The van der Waals surface area contributed by atoms with E-state index < -0.39 is 15.0 Å². The molecule has 27 heteroatoms. The van der Waals surface area contributed by atoms with Crippen molar-refractivity contribution in [2.45, 2.75) is 23.1 Å². The van der Waals surface area contributed by atoms with Crippen molar-refractivity contribution in [3.05, 3.63) is 107 Å². The Bertz CT molecular complexity index is 2870. The molecular weight excluding hydrogens is 953 g/mol. The van der Waals surface area contributed by atoms with Gasteiger partial charge >= 0.3 is 0 Å². The van der Waals surface area contributed by atoms with E-state index in [1.807, 2.05) is 6.92 Å². The molecule has 0 unspecified atom stereocenters. The van der Waals surface area contributed by atoms with Crippen molar-refractivity contribution in [2.75, 3.05) is 77.9 Å². The van der Waals surface area contributed by atoms with Crippen molar-refractivity contribution in [1.29, 1.82) is 0 Å². The number of hydrogen-bond donors (Lipinski definition) is 13. The molecule has 0 spiro atoms. The van der Waals surface area contributed by atoms with E-state index in [0.29, 0.717) is 57.2 Å². The molecule has 2 aromatic heterocycles. The van der Waals surface area contributed by atoms with Gasteiger partial charge in [-0.3, -0.25) is 14.1 Å². The maximum atomic E-state index is 12.8. The summed E-state index contributed by atoms with van der Waals surface area (Å²) in [5, 5.41) is 63.9. The number of hydrogen-bond acceptors (Lipinski definition) is 23. The number of aliphatic hydroxyl groups excluding tert-OH is 3. The zero-order chi connectivity index (χ0) is 49.9. The molecule has 6 rings (SSSR count). The van der Waals surface area contributed by atoms with E-state index in [2.05, 4.69) is 77.5 Å². The molecule has 2 heterocycles. The standard InChI is InChI=1S/C43H48N14O11S2/c1-2-17-44-36(61)28-7-11-30(12-8-28)48-40-52-38(46-19-22-59)54-42(56-40)50-32-15-5-26(34(24-32)69-68-67-63)3-4-27-6-16-33(25-35(27)70(64,65)66)51-43-55-39(47-20-23-60)53-41(57-43)49-31-13-9-29(10-14-31)37(62)45-18-21-58/h3-16,24-25,58-60,63H,2,17-23H2,1H3,(H,44,61)(H,45,62)(H,64,65,66)(H3,46,48,50,52,54,56)(H3,47,49,51,53,55,57)/b4-3+. The van der Waals surface area contributed by atoms with Crippen LogP contribution < -0.4 is 42.5 Å². The summed E-state index contributed by atoms with van der Waals surface area (Å²) in [7, 11) is -4.83. The molecule has 0 atom stereocenters. The Balaban J connectivity index is 1.22. The molecule has 0 saturated carbocycles. The largest absolute Gasteiger partial charge is 0.395 e. The van der Waals surface area contributed by atoms with Gasteiger partial charge in [-0.05, 0) is 90.3 Å². The second kappa shape index (κ2) is 25.7. The average molecular weight is 1000 g/mol. The normalized spacial score (nSPS) is 11.2. The lowest BCUT2D eigenvalue weighted by Crippen LogP contribution is -2.26. The molecule has 0 aliphatic heterocycles. The van der Waals surface area contributed by atoms with Gasteiger partial charge in [0.2, 0.25) is 35.7 Å². The minimum atomic E-state index is -4.83. The number of nitrogens with one attached hydrogen (secondary N) is 8. The van der Waals surface area contributed by atoms with Crippen LogP contribution in [0.5, 0.6) is 0 Å². The number of anilines is 10. The molecule has 25 nitrogen and oxygen atoms in total. The summed E-state index contributed by atoms with van der Waals surface area (Å²) in [6, 6.07) is 22.0. The third-order valence-corrected chi connectivity index (χ3v) is 10.8. The van der Waals surface area contributed by atoms with Gasteiger partial charge in [-0.1, -0.05) is 36.2 Å². The van der Waals surface area contributed by atoms with Crippen LogP contribution in [0.3, 0.4) is 0 Å². The van der Waals surface area contributed by atoms with Gasteiger partial charge < -0.3 is 57.9 Å². The zero-order valence-electron chi connectivity index (χ0n) is 37.1. The maximum Gasteiger partial charge on any atom is 0.295 e. The summed E-state index contributed by atoms with van der Waals surface area (Å²) in [6.07, 6.45) is 3.76. The highest BCUT2D eigenvalue weighted by atomic mass is 32.2. The lowest BCUT2D eigenvalue weighted by molar-refractivity contribution is -0.432. The molecule has 0 bridgehead atoms. The summed E-state index contributed by atoms with van der Waals surface area (Å²) in [4.78, 5) is 50.7. The van der Waals surface area contributed by atoms with Gasteiger partial charge in [0.05, 0.1) is 31.9 Å². The Labute approximate surface area is 404 Å². The highest BCUT2D eigenvalue weighted by Gasteiger charge is 2.18. The number of aliphatic hydroxyl groups is 3. The molecule has 13 N–H and O–H groups in total. The number of aromatic nitrogens is 6. The van der Waals surface area contributed by atoms with Crippen molar-refractivity contribution in [3.63, 3.8) is 0 Å². The maximum absolute atomic E-state index is 12.8. The van der Waals surface area contributed by atoms with Gasteiger partial charge in [0, 0.05) is 65.0 Å². The number of carbonyl (C=O) groups is 2. The smallest absolute Gasteiger partial charge is 0.295 e. The summed E-state index contributed by atoms with van der Waals surface area (Å²) >= 11 is 0.616. The van der Waals surface area contributed by atoms with Crippen molar-refractivity contribution in [3.8, 4) is 0 Å². The van der Waals surface area contributed by atoms with Crippen molar-refractivity contribution < 1.29 is 52.5 Å². The van der Waals surface area contributed by atoms with Gasteiger partial charge in [0.15, 0.2) is 0 Å². The summed E-state index contributed by atoms with van der Waals surface area (Å²) in [6.45, 7) is 2.20. The van der Waals surface area contributed by atoms with Crippen molar-refractivity contribution in [2.24, 2.45) is 0 Å². The topological polar surface area (TPSA) is 361 Å². The fourth-order valence-electron chi connectivity index (χ4n) is 6.03. The molecule has 6 aromatic rings. The van der Waals surface area contributed by atoms with E-state index in [9.17, 15) is 32.8 Å². The molecule has 0 fully saturated rings. The molecule has 368 valence electrons. The predicted octanol–water partition coefficient (Wildman–Crippen LogP) is 4.55. The van der Waals surface area contributed by atoms with E-state index in [-0.39, 0.29) is 98.2 Å². The number of nitrogens with zero attached hydrogens (tertiary/aromatic N) is 6. The Morgan fingerprint density at radius 3 is 1.44 bits per heavy atom. The average Bonchev–Trinajstić information content (AvgIpc) is 3.35. The first kappa shape index (κ1) is 51.8. The molecule has 0 aliphatic carbocycles. The third kappa shape index (κ3) is 15.5.